The predicted octanol–water partition coefficient (Wildman–Crippen LogP) is 3.29. The summed E-state index contributed by atoms with van der Waals surface area (Å²) in [6.45, 7) is 5.92. The number of halogens is 1. The summed E-state index contributed by atoms with van der Waals surface area (Å²) in [5.41, 5.74) is 0.451. The molecule has 0 bridgehead atoms. The number of fused-ring (bicyclic) bond motifs is 1. The molecule has 126 valence electrons. The first kappa shape index (κ1) is 16.7. The fraction of sp³-hybridized carbons (Fsp3) is 0.353. The van der Waals surface area contributed by atoms with Crippen LogP contribution in [-0.2, 0) is 13.1 Å². The van der Waals surface area contributed by atoms with E-state index in [1.54, 1.807) is 24.4 Å². The summed E-state index contributed by atoms with van der Waals surface area (Å²) in [6, 6.07) is 5.09. The standard InChI is InChI=1S/C17H19ClN4O2/c1-3-6-22(9-13-8-19-11(2)24-13)10-16-20-15-7-12(18)4-5-14(15)17(23)21-16/h4-5,7-8H,3,6,9-10H2,1-2H3,(H,20,21,23). The minimum absolute atomic E-state index is 0.154. The smallest absolute Gasteiger partial charge is 0.258 e. The number of aromatic amines is 1. The summed E-state index contributed by atoms with van der Waals surface area (Å²) in [6.07, 6.45) is 2.71. The van der Waals surface area contributed by atoms with Gasteiger partial charge in [-0.25, -0.2) is 9.97 Å². The maximum absolute atomic E-state index is 12.2. The molecule has 0 unspecified atom stereocenters. The molecule has 2 heterocycles. The lowest BCUT2D eigenvalue weighted by Gasteiger charge is -2.19. The van der Waals surface area contributed by atoms with Crippen LogP contribution in [0.5, 0.6) is 0 Å². The lowest BCUT2D eigenvalue weighted by molar-refractivity contribution is 0.229. The van der Waals surface area contributed by atoms with Crippen molar-refractivity contribution in [3.8, 4) is 0 Å². The van der Waals surface area contributed by atoms with Crippen LogP contribution >= 0.6 is 11.6 Å². The van der Waals surface area contributed by atoms with E-state index in [1.807, 2.05) is 6.92 Å². The van der Waals surface area contributed by atoms with Gasteiger partial charge in [0.05, 0.1) is 30.2 Å². The highest BCUT2D eigenvalue weighted by molar-refractivity contribution is 6.31. The normalized spacial score (nSPS) is 11.5. The van der Waals surface area contributed by atoms with Crippen LogP contribution in [0.2, 0.25) is 5.02 Å². The Bertz CT molecular complexity index is 903. The summed E-state index contributed by atoms with van der Waals surface area (Å²) in [7, 11) is 0. The fourth-order valence-electron chi connectivity index (χ4n) is 2.68. The van der Waals surface area contributed by atoms with Gasteiger partial charge in [0, 0.05) is 11.9 Å². The lowest BCUT2D eigenvalue weighted by atomic mass is 10.2. The molecule has 0 spiro atoms. The molecular formula is C17H19ClN4O2. The Labute approximate surface area is 144 Å². The zero-order valence-electron chi connectivity index (χ0n) is 13.7. The van der Waals surface area contributed by atoms with E-state index in [0.717, 1.165) is 18.7 Å². The van der Waals surface area contributed by atoms with Gasteiger partial charge < -0.3 is 9.40 Å². The Hall–Kier alpha value is -2.18. The van der Waals surface area contributed by atoms with Gasteiger partial charge in [-0.05, 0) is 31.2 Å². The van der Waals surface area contributed by atoms with Crippen molar-refractivity contribution >= 4 is 22.5 Å². The number of H-pyrrole nitrogens is 1. The highest BCUT2D eigenvalue weighted by Gasteiger charge is 2.12. The number of benzene rings is 1. The summed E-state index contributed by atoms with van der Waals surface area (Å²) >= 11 is 6.01. The Morgan fingerprint density at radius 3 is 2.88 bits per heavy atom. The number of hydrogen-bond acceptors (Lipinski definition) is 5. The molecule has 24 heavy (non-hydrogen) atoms. The Morgan fingerprint density at radius 2 is 2.17 bits per heavy atom. The molecule has 3 aromatic rings. The van der Waals surface area contributed by atoms with E-state index in [4.69, 9.17) is 16.0 Å². The van der Waals surface area contributed by atoms with Crippen LogP contribution in [0.4, 0.5) is 0 Å². The average Bonchev–Trinajstić information content (AvgIpc) is 2.92. The highest BCUT2D eigenvalue weighted by atomic mass is 35.5. The Morgan fingerprint density at radius 1 is 1.33 bits per heavy atom. The van der Waals surface area contributed by atoms with Crippen molar-refractivity contribution in [2.45, 2.75) is 33.4 Å². The first-order valence-corrected chi connectivity index (χ1v) is 8.25. The summed E-state index contributed by atoms with van der Waals surface area (Å²) in [4.78, 5) is 25.9. The van der Waals surface area contributed by atoms with Crippen LogP contribution in [0, 0.1) is 6.92 Å². The van der Waals surface area contributed by atoms with Crippen molar-refractivity contribution in [2.75, 3.05) is 6.54 Å². The molecule has 1 N–H and O–H groups in total. The second-order valence-corrected chi connectivity index (χ2v) is 6.17. The first-order chi connectivity index (χ1) is 11.5. The maximum atomic E-state index is 12.2. The van der Waals surface area contributed by atoms with E-state index >= 15 is 0 Å². The summed E-state index contributed by atoms with van der Waals surface area (Å²) in [5, 5.41) is 1.10. The fourth-order valence-corrected chi connectivity index (χ4v) is 2.84. The third-order valence-corrected chi connectivity index (χ3v) is 3.91. The number of rotatable bonds is 6. The van der Waals surface area contributed by atoms with Gasteiger partial charge in [0.15, 0.2) is 5.89 Å². The van der Waals surface area contributed by atoms with E-state index in [-0.39, 0.29) is 5.56 Å². The molecule has 7 heteroatoms. The van der Waals surface area contributed by atoms with Gasteiger partial charge >= 0.3 is 0 Å². The number of aryl methyl sites for hydroxylation is 1. The highest BCUT2D eigenvalue weighted by Crippen LogP contribution is 2.15. The van der Waals surface area contributed by atoms with E-state index in [0.29, 0.717) is 40.7 Å². The molecule has 6 nitrogen and oxygen atoms in total. The number of oxazole rings is 1. The van der Waals surface area contributed by atoms with Crippen LogP contribution in [-0.4, -0.2) is 26.4 Å². The topological polar surface area (TPSA) is 75.0 Å². The zero-order valence-corrected chi connectivity index (χ0v) is 14.4. The van der Waals surface area contributed by atoms with Crippen molar-refractivity contribution in [1.82, 2.24) is 19.9 Å². The van der Waals surface area contributed by atoms with Gasteiger partial charge in [0.1, 0.15) is 11.6 Å². The molecule has 0 aliphatic carbocycles. The molecule has 0 saturated carbocycles. The lowest BCUT2D eigenvalue weighted by Crippen LogP contribution is -2.26. The SMILES string of the molecule is CCCN(Cc1nc2cc(Cl)ccc2c(=O)[nH]1)Cc1cnc(C)o1. The molecule has 0 fully saturated rings. The van der Waals surface area contributed by atoms with E-state index < -0.39 is 0 Å². The van der Waals surface area contributed by atoms with Crippen molar-refractivity contribution in [3.63, 3.8) is 0 Å². The van der Waals surface area contributed by atoms with Gasteiger partial charge in [-0.3, -0.25) is 9.69 Å². The number of hydrogen-bond donors (Lipinski definition) is 1. The Balaban J connectivity index is 1.86. The van der Waals surface area contributed by atoms with Crippen LogP contribution in [0.25, 0.3) is 10.9 Å². The predicted molar refractivity (Wildman–Crippen MR) is 93.0 cm³/mol. The Kier molecular flexibility index (Phi) is 4.97. The van der Waals surface area contributed by atoms with Gasteiger partial charge in [-0.2, -0.15) is 0 Å². The molecule has 0 saturated heterocycles. The number of nitrogens with zero attached hydrogens (tertiary/aromatic N) is 3. The third-order valence-electron chi connectivity index (χ3n) is 3.68. The van der Waals surface area contributed by atoms with Gasteiger partial charge in [-0.1, -0.05) is 18.5 Å². The van der Waals surface area contributed by atoms with Crippen molar-refractivity contribution < 1.29 is 4.42 Å². The zero-order chi connectivity index (χ0) is 17.1. The molecular weight excluding hydrogens is 328 g/mol. The molecule has 3 rings (SSSR count). The van der Waals surface area contributed by atoms with E-state index in [9.17, 15) is 4.79 Å². The summed E-state index contributed by atoms with van der Waals surface area (Å²) in [5.74, 6) is 2.06. The molecule has 0 amide bonds. The monoisotopic (exact) mass is 346 g/mol. The minimum atomic E-state index is -0.154. The average molecular weight is 347 g/mol. The first-order valence-electron chi connectivity index (χ1n) is 7.87. The van der Waals surface area contributed by atoms with Crippen molar-refractivity contribution in [1.29, 1.82) is 0 Å². The molecule has 0 aliphatic rings. The van der Waals surface area contributed by atoms with E-state index in [2.05, 4.69) is 26.8 Å². The quantitative estimate of drug-likeness (QED) is 0.741. The van der Waals surface area contributed by atoms with Gasteiger partial charge in [0.25, 0.3) is 5.56 Å². The molecule has 2 aromatic heterocycles. The number of aromatic nitrogens is 3. The van der Waals surface area contributed by atoms with Crippen LogP contribution in [0.15, 0.2) is 33.6 Å². The summed E-state index contributed by atoms with van der Waals surface area (Å²) < 4.78 is 5.55. The largest absolute Gasteiger partial charge is 0.445 e. The third kappa shape index (κ3) is 3.83. The van der Waals surface area contributed by atoms with Crippen LogP contribution in [0.3, 0.4) is 0 Å². The molecule has 0 radical (unpaired) electrons. The maximum Gasteiger partial charge on any atom is 0.258 e. The van der Waals surface area contributed by atoms with Gasteiger partial charge in [-0.15, -0.1) is 0 Å². The number of nitrogens with one attached hydrogen (secondary N) is 1. The second-order valence-electron chi connectivity index (χ2n) is 5.73. The molecule has 0 atom stereocenters. The second kappa shape index (κ2) is 7.15. The van der Waals surface area contributed by atoms with Crippen molar-refractivity contribution in [2.24, 2.45) is 0 Å². The minimum Gasteiger partial charge on any atom is -0.445 e. The molecule has 0 aliphatic heterocycles. The van der Waals surface area contributed by atoms with Crippen molar-refractivity contribution in [3.05, 3.63) is 57.2 Å². The van der Waals surface area contributed by atoms with Gasteiger partial charge in [0.2, 0.25) is 0 Å². The van der Waals surface area contributed by atoms with Crippen LogP contribution < -0.4 is 5.56 Å². The van der Waals surface area contributed by atoms with Crippen LogP contribution in [0.1, 0.15) is 30.8 Å². The molecule has 1 aromatic carbocycles. The van der Waals surface area contributed by atoms with E-state index in [1.165, 1.54) is 0 Å².